The van der Waals surface area contributed by atoms with Crippen LogP contribution in [-0.2, 0) is 0 Å². The molecule has 0 amide bonds. The summed E-state index contributed by atoms with van der Waals surface area (Å²) in [5, 5.41) is 15.5. The van der Waals surface area contributed by atoms with Gasteiger partial charge in [0, 0.05) is 17.0 Å². The van der Waals surface area contributed by atoms with E-state index >= 15 is 0 Å². The minimum absolute atomic E-state index is 0.152. The van der Waals surface area contributed by atoms with E-state index in [1.807, 2.05) is 0 Å². The van der Waals surface area contributed by atoms with Gasteiger partial charge in [-0.1, -0.05) is 18.9 Å². The van der Waals surface area contributed by atoms with Gasteiger partial charge in [-0.15, -0.1) is 11.3 Å². The highest BCUT2D eigenvalue weighted by atomic mass is 32.1. The van der Waals surface area contributed by atoms with Gasteiger partial charge in [-0.3, -0.25) is 0 Å². The molecule has 3 heteroatoms. The zero-order valence-corrected chi connectivity index (χ0v) is 9.96. The summed E-state index contributed by atoms with van der Waals surface area (Å²) in [6.07, 6.45) is 4.32. The van der Waals surface area contributed by atoms with Crippen LogP contribution in [0.25, 0.3) is 0 Å². The molecule has 1 aliphatic rings. The van der Waals surface area contributed by atoms with Crippen molar-refractivity contribution in [3.05, 3.63) is 22.4 Å². The topological polar surface area (TPSA) is 32.3 Å². The lowest BCUT2D eigenvalue weighted by atomic mass is 9.92. The third-order valence-corrected chi connectivity index (χ3v) is 4.22. The van der Waals surface area contributed by atoms with E-state index in [1.165, 1.54) is 17.7 Å². The zero-order chi connectivity index (χ0) is 10.7. The zero-order valence-electron chi connectivity index (χ0n) is 9.15. The highest BCUT2D eigenvalue weighted by Gasteiger charge is 2.24. The monoisotopic (exact) mass is 225 g/mol. The van der Waals surface area contributed by atoms with Gasteiger partial charge in [0.15, 0.2) is 0 Å². The molecule has 84 valence electrons. The second-order valence-corrected chi connectivity index (χ2v) is 5.34. The summed E-state index contributed by atoms with van der Waals surface area (Å²) in [5.41, 5.74) is 0. The largest absolute Gasteiger partial charge is 0.392 e. The quantitative estimate of drug-likeness (QED) is 0.829. The van der Waals surface area contributed by atoms with Gasteiger partial charge in [0.05, 0.1) is 6.10 Å². The Morgan fingerprint density at radius 2 is 2.27 bits per heavy atom. The van der Waals surface area contributed by atoms with Crippen molar-refractivity contribution in [1.82, 2.24) is 5.32 Å². The molecule has 0 unspecified atom stereocenters. The number of aliphatic hydroxyl groups excluding tert-OH is 1. The number of rotatable bonds is 3. The van der Waals surface area contributed by atoms with Crippen molar-refractivity contribution in [3.8, 4) is 0 Å². The molecule has 0 aromatic carbocycles. The Balaban J connectivity index is 1.90. The predicted molar refractivity (Wildman–Crippen MR) is 64.1 cm³/mol. The van der Waals surface area contributed by atoms with Crippen molar-refractivity contribution in [3.63, 3.8) is 0 Å². The Bertz CT molecular complexity index is 286. The molecule has 2 nitrogen and oxygen atoms in total. The minimum Gasteiger partial charge on any atom is -0.392 e. The van der Waals surface area contributed by atoms with Crippen molar-refractivity contribution in [2.75, 3.05) is 0 Å². The normalized spacial score (nSPS) is 28.9. The van der Waals surface area contributed by atoms with Gasteiger partial charge >= 0.3 is 0 Å². The van der Waals surface area contributed by atoms with E-state index in [0.717, 1.165) is 12.8 Å². The van der Waals surface area contributed by atoms with Crippen LogP contribution >= 0.6 is 11.3 Å². The lowest BCUT2D eigenvalue weighted by Crippen LogP contribution is -2.42. The molecule has 0 spiro atoms. The number of aliphatic hydroxyl groups is 1. The number of hydrogen-bond donors (Lipinski definition) is 2. The molecule has 0 aliphatic heterocycles. The van der Waals surface area contributed by atoms with Crippen LogP contribution < -0.4 is 5.32 Å². The summed E-state index contributed by atoms with van der Waals surface area (Å²) in [7, 11) is 0. The highest BCUT2D eigenvalue weighted by molar-refractivity contribution is 7.10. The smallest absolute Gasteiger partial charge is 0.0693 e. The van der Waals surface area contributed by atoms with Crippen molar-refractivity contribution in [2.45, 2.75) is 50.8 Å². The van der Waals surface area contributed by atoms with Crippen molar-refractivity contribution < 1.29 is 5.11 Å². The number of nitrogens with one attached hydrogen (secondary N) is 1. The minimum atomic E-state index is -0.152. The van der Waals surface area contributed by atoms with E-state index in [2.05, 4.69) is 29.8 Å². The molecule has 2 N–H and O–H groups in total. The SMILES string of the molecule is C[C@@H](N[C@@H]1CCCC[C@@H]1O)c1cccs1. The van der Waals surface area contributed by atoms with Crippen molar-refractivity contribution in [1.29, 1.82) is 0 Å². The van der Waals surface area contributed by atoms with Crippen LogP contribution in [0.15, 0.2) is 17.5 Å². The molecule has 0 bridgehead atoms. The summed E-state index contributed by atoms with van der Waals surface area (Å²) in [4.78, 5) is 1.35. The molecule has 0 radical (unpaired) electrons. The van der Waals surface area contributed by atoms with Crippen LogP contribution in [0.1, 0.15) is 43.5 Å². The summed E-state index contributed by atoms with van der Waals surface area (Å²) in [6.45, 7) is 2.17. The van der Waals surface area contributed by atoms with Crippen LogP contribution in [0, 0.1) is 0 Å². The average molecular weight is 225 g/mol. The Kier molecular flexibility index (Phi) is 3.78. The maximum atomic E-state index is 9.86. The van der Waals surface area contributed by atoms with E-state index in [4.69, 9.17) is 0 Å². The van der Waals surface area contributed by atoms with Crippen molar-refractivity contribution >= 4 is 11.3 Å². The van der Waals surface area contributed by atoms with Gasteiger partial charge in [-0.05, 0) is 31.2 Å². The molecule has 1 aromatic heterocycles. The van der Waals surface area contributed by atoms with Crippen LogP contribution in [0.4, 0.5) is 0 Å². The van der Waals surface area contributed by atoms with Gasteiger partial charge in [0.1, 0.15) is 0 Å². The summed E-state index contributed by atoms with van der Waals surface area (Å²) < 4.78 is 0. The lowest BCUT2D eigenvalue weighted by Gasteiger charge is -2.30. The van der Waals surface area contributed by atoms with Gasteiger partial charge in [-0.25, -0.2) is 0 Å². The molecule has 1 aliphatic carbocycles. The van der Waals surface area contributed by atoms with Crippen molar-refractivity contribution in [2.24, 2.45) is 0 Å². The fourth-order valence-electron chi connectivity index (χ4n) is 2.25. The Hall–Kier alpha value is -0.380. The molecule has 0 saturated heterocycles. The first kappa shape index (κ1) is 11.1. The lowest BCUT2D eigenvalue weighted by molar-refractivity contribution is 0.0862. The molecular weight excluding hydrogens is 206 g/mol. The first-order chi connectivity index (χ1) is 7.27. The molecule has 1 fully saturated rings. The predicted octanol–water partition coefficient (Wildman–Crippen LogP) is 2.70. The van der Waals surface area contributed by atoms with E-state index in [9.17, 15) is 5.11 Å². The Morgan fingerprint density at radius 3 is 2.93 bits per heavy atom. The Morgan fingerprint density at radius 1 is 1.47 bits per heavy atom. The van der Waals surface area contributed by atoms with Crippen LogP contribution in [0.2, 0.25) is 0 Å². The average Bonchev–Trinajstić information content (AvgIpc) is 2.74. The molecular formula is C12H19NOS. The van der Waals surface area contributed by atoms with Crippen LogP contribution in [-0.4, -0.2) is 17.3 Å². The summed E-state index contributed by atoms with van der Waals surface area (Å²) >= 11 is 1.78. The summed E-state index contributed by atoms with van der Waals surface area (Å²) in [5.74, 6) is 0. The van der Waals surface area contributed by atoms with E-state index < -0.39 is 0 Å². The first-order valence-electron chi connectivity index (χ1n) is 5.75. The molecule has 2 rings (SSSR count). The van der Waals surface area contributed by atoms with Gasteiger partial charge < -0.3 is 10.4 Å². The van der Waals surface area contributed by atoms with E-state index in [1.54, 1.807) is 11.3 Å². The van der Waals surface area contributed by atoms with E-state index in [-0.39, 0.29) is 12.1 Å². The molecule has 1 saturated carbocycles. The molecule has 1 aromatic rings. The third-order valence-electron chi connectivity index (χ3n) is 3.16. The second-order valence-electron chi connectivity index (χ2n) is 4.36. The number of thiophene rings is 1. The highest BCUT2D eigenvalue weighted by Crippen LogP contribution is 2.23. The van der Waals surface area contributed by atoms with Gasteiger partial charge in [0.2, 0.25) is 0 Å². The maximum Gasteiger partial charge on any atom is 0.0693 e. The maximum absolute atomic E-state index is 9.86. The summed E-state index contributed by atoms with van der Waals surface area (Å²) in [6, 6.07) is 4.88. The standard InChI is InChI=1S/C12H19NOS/c1-9(12-7-4-8-15-12)13-10-5-2-3-6-11(10)14/h4,7-11,13-14H,2-3,5-6H2,1H3/t9-,10-,11+/m1/s1. The second kappa shape index (κ2) is 5.10. The molecule has 1 heterocycles. The first-order valence-corrected chi connectivity index (χ1v) is 6.63. The van der Waals surface area contributed by atoms with E-state index in [0.29, 0.717) is 6.04 Å². The fraction of sp³-hybridized carbons (Fsp3) is 0.667. The molecule has 3 atom stereocenters. The van der Waals surface area contributed by atoms with Gasteiger partial charge in [0.25, 0.3) is 0 Å². The number of hydrogen-bond acceptors (Lipinski definition) is 3. The Labute approximate surface area is 95.3 Å². The van der Waals surface area contributed by atoms with Crippen LogP contribution in [0.3, 0.4) is 0 Å². The van der Waals surface area contributed by atoms with Gasteiger partial charge in [-0.2, -0.15) is 0 Å². The molecule has 15 heavy (non-hydrogen) atoms. The van der Waals surface area contributed by atoms with Crippen LogP contribution in [0.5, 0.6) is 0 Å². The fourth-order valence-corrected chi connectivity index (χ4v) is 2.99. The third kappa shape index (κ3) is 2.80.